The molecule has 2 saturated heterocycles. The molecule has 0 saturated carbocycles. The number of rotatable bonds is 25. The van der Waals surface area contributed by atoms with Gasteiger partial charge in [0.25, 0.3) is 35.4 Å². The summed E-state index contributed by atoms with van der Waals surface area (Å²) >= 11 is 0. The Hall–Kier alpha value is -15.3. The Morgan fingerprint density at radius 2 is 0.641 bits per heavy atom. The molecule has 2 aliphatic rings. The second-order valence-electron chi connectivity index (χ2n) is 24.6. The molecule has 40 nitrogen and oxygen atoms in total. The fraction of sp³-hybridized carbons (Fsp3) is 0.208. The summed E-state index contributed by atoms with van der Waals surface area (Å²) in [4.78, 5) is 146. The molecule has 117 heavy (non-hydrogen) atoms. The highest BCUT2D eigenvalue weighted by Gasteiger charge is 2.39. The highest BCUT2D eigenvalue weighted by Crippen LogP contribution is 2.41. The summed E-state index contributed by atoms with van der Waals surface area (Å²) in [5, 5.41) is 74.0. The van der Waals surface area contributed by atoms with Crippen molar-refractivity contribution in [3.8, 4) is 102 Å². The average Bonchev–Trinajstić information content (AvgIpc) is 1.63. The first-order chi connectivity index (χ1) is 56.5. The maximum absolute atomic E-state index is 13.7. The average molecular weight is 1610 g/mol. The van der Waals surface area contributed by atoms with Crippen LogP contribution in [0, 0.1) is 0 Å². The number of pyridine rings is 3. The summed E-state index contributed by atoms with van der Waals surface area (Å²) in [6.45, 7) is -2.19. The molecule has 0 spiro atoms. The highest BCUT2D eigenvalue weighted by molar-refractivity contribution is 6.13. The van der Waals surface area contributed by atoms with E-state index in [1.165, 1.54) is 28.4 Å². The normalized spacial score (nSPS) is 13.0. The van der Waals surface area contributed by atoms with Crippen LogP contribution in [0.25, 0.3) is 100 Å². The van der Waals surface area contributed by atoms with Crippen molar-refractivity contribution in [3.63, 3.8) is 0 Å². The minimum absolute atomic E-state index is 0.0335. The number of ether oxygens (including phenoxy) is 6. The van der Waals surface area contributed by atoms with Gasteiger partial charge in [0.15, 0.2) is 34.3 Å². The number of nitrogens with two attached hydrogens (primary N) is 1. The van der Waals surface area contributed by atoms with E-state index in [1.807, 2.05) is 0 Å². The number of carboxylic acid groups (broad SMARTS) is 2. The maximum Gasteiger partial charge on any atom is 0.382 e. The number of carboxylic acids is 2. The molecule has 2 fully saturated rings. The third-order valence-corrected chi connectivity index (χ3v) is 17.5. The predicted molar refractivity (Wildman–Crippen MR) is 401 cm³/mol. The molecule has 0 aliphatic carbocycles. The van der Waals surface area contributed by atoms with Gasteiger partial charge in [0.1, 0.15) is 85.6 Å². The van der Waals surface area contributed by atoms with Gasteiger partial charge in [-0.05, 0) is 157 Å². The summed E-state index contributed by atoms with van der Waals surface area (Å²) in [5.74, 6) is -5.49. The molecule has 3 atom stereocenters. The minimum Gasteiger partial charge on any atom is -0.497 e. The number of amides is 6. The maximum atomic E-state index is 13.7. The first-order valence-corrected chi connectivity index (χ1v) is 34.7. The summed E-state index contributed by atoms with van der Waals surface area (Å²) in [5.41, 5.74) is 10.9. The number of benzene rings is 6. The summed E-state index contributed by atoms with van der Waals surface area (Å²) in [7, 11) is 9.19. The second-order valence-corrected chi connectivity index (χ2v) is 24.6. The van der Waals surface area contributed by atoms with Crippen LogP contribution in [-0.4, -0.2) is 221 Å². The standard InChI is InChI=1S/C27H23N5O9.C24H18N4O7.C23H20N4O7.C3H7NO3/c1-38-16-7-3-14(4-8-16)21-23-25(31-41-30-23)22(15-5-9-17(39-2)10-6-15)29-24(21)26(36)28-18(13-33)27(37)40-32-19(34)11-12-20(32)35;1-32-15-7-3-13(4-8-15)19-21-23(27-35-26-21)20(14-5-9-16(33-2)10-6-14)25-22(19)24(31)34-28-17(29)11-12-18(28)30;1-32-14-7-3-12(4-8-14)17-19-21(27-34-26-19)18(13-5-9-15(33-2)10-6-13)25-20(17)22(29)24-16(11-28)23(30)31;4-2(1-5)3(6)7/h3-10,18,33H,11-13H2,1-2H3,(H,28,36);3-10H,11-12H2,1-2H3;3-10,16,28H,11H2,1-2H3,(H,24,29)(H,30,31);2,5H,1,4H2,(H,6,7). The topological polar surface area (TPSA) is 558 Å². The molecule has 0 bridgehead atoms. The van der Waals surface area contributed by atoms with E-state index in [4.69, 9.17) is 67.9 Å². The van der Waals surface area contributed by atoms with E-state index < -0.39 is 97.3 Å². The van der Waals surface area contributed by atoms with Crippen molar-refractivity contribution in [2.75, 3.05) is 62.5 Å². The lowest BCUT2D eigenvalue weighted by Gasteiger charge is -2.19. The van der Waals surface area contributed by atoms with Gasteiger partial charge in [0.05, 0.1) is 62.5 Å². The Kier molecular flexibility index (Phi) is 26.4. The molecule has 9 N–H and O–H groups in total. The fourth-order valence-corrected chi connectivity index (χ4v) is 11.4. The van der Waals surface area contributed by atoms with Gasteiger partial charge in [-0.25, -0.2) is 43.2 Å². The van der Waals surface area contributed by atoms with E-state index in [-0.39, 0.29) is 87.2 Å². The molecule has 602 valence electrons. The van der Waals surface area contributed by atoms with Crippen molar-refractivity contribution in [1.82, 2.24) is 66.7 Å². The molecule has 14 rings (SSSR count). The Bertz CT molecular complexity index is 5660. The van der Waals surface area contributed by atoms with Crippen LogP contribution in [0.1, 0.15) is 57.1 Å². The SMILES string of the molecule is COc1ccc(-c2nc(C(=O)NC(CO)C(=O)O)c(-c3ccc(OC)cc3)c3nonc23)cc1.COc1ccc(-c2nc(C(=O)NC(CO)C(=O)ON3C(=O)CCC3=O)c(-c3ccc(OC)cc3)c3nonc23)cc1.COc1ccc(-c2nc(C(=O)ON3C(=O)CCC3=O)c(-c3ccc(OC)cc3)c3nonc23)cc1.NC(CO)C(=O)O. The number of carbonyl (C=O) groups excluding carboxylic acids is 8. The van der Waals surface area contributed by atoms with Gasteiger partial charge >= 0.3 is 23.9 Å². The number of carbonyl (C=O) groups is 10. The highest BCUT2D eigenvalue weighted by atomic mass is 16.7. The number of hydrogen-bond acceptors (Lipinski definition) is 34. The second kappa shape index (κ2) is 37.4. The fourth-order valence-electron chi connectivity index (χ4n) is 11.4. The lowest BCUT2D eigenvalue weighted by molar-refractivity contribution is -0.199. The van der Waals surface area contributed by atoms with Crippen molar-refractivity contribution in [1.29, 1.82) is 0 Å². The predicted octanol–water partition coefficient (Wildman–Crippen LogP) is 5.39. The number of nitrogens with one attached hydrogen (secondary N) is 2. The van der Waals surface area contributed by atoms with Gasteiger partial charge in [-0.3, -0.25) is 33.6 Å². The van der Waals surface area contributed by atoms with Crippen LogP contribution in [0.15, 0.2) is 159 Å². The summed E-state index contributed by atoms with van der Waals surface area (Å²) in [6.07, 6.45) is -0.295. The number of nitrogens with zero attached hydrogens (tertiary/aromatic N) is 11. The van der Waals surface area contributed by atoms with Crippen molar-refractivity contribution >= 4 is 92.4 Å². The lowest BCUT2D eigenvalue weighted by Crippen LogP contribution is -2.47. The van der Waals surface area contributed by atoms with Crippen LogP contribution in [0.4, 0.5) is 0 Å². The summed E-state index contributed by atoms with van der Waals surface area (Å²) < 4.78 is 46.3. The largest absolute Gasteiger partial charge is 0.497 e. The molecule has 0 radical (unpaired) electrons. The smallest absolute Gasteiger partial charge is 0.382 e. The van der Waals surface area contributed by atoms with E-state index in [0.717, 1.165) is 0 Å². The molecule has 3 unspecified atom stereocenters. The number of imide groups is 2. The van der Waals surface area contributed by atoms with Crippen molar-refractivity contribution < 1.29 is 125 Å². The number of hydroxylamine groups is 4. The molecule has 8 heterocycles. The zero-order valence-electron chi connectivity index (χ0n) is 62.3. The molecule has 6 amide bonds. The number of aliphatic hydroxyl groups excluding tert-OH is 3. The van der Waals surface area contributed by atoms with E-state index in [9.17, 15) is 63.3 Å². The number of hydrogen-bond donors (Lipinski definition) is 8. The molecule has 6 aromatic heterocycles. The van der Waals surface area contributed by atoms with E-state index >= 15 is 0 Å². The van der Waals surface area contributed by atoms with Crippen LogP contribution in [0.3, 0.4) is 0 Å². The number of aliphatic hydroxyl groups is 3. The van der Waals surface area contributed by atoms with Crippen molar-refractivity contribution in [3.05, 3.63) is 163 Å². The Morgan fingerprint density at radius 3 is 0.906 bits per heavy atom. The van der Waals surface area contributed by atoms with Gasteiger partial charge < -0.3 is 80.0 Å². The minimum atomic E-state index is -1.63. The quantitative estimate of drug-likeness (QED) is 0.0332. The molecule has 2 aliphatic heterocycles. The Morgan fingerprint density at radius 1 is 0.376 bits per heavy atom. The van der Waals surface area contributed by atoms with Gasteiger partial charge in [-0.15, -0.1) is 10.1 Å². The summed E-state index contributed by atoms with van der Waals surface area (Å²) in [6, 6.07) is 36.7. The lowest BCUT2D eigenvalue weighted by atomic mass is 9.98. The Labute approximate surface area is 658 Å². The third kappa shape index (κ3) is 18.4. The Balaban J connectivity index is 0.000000166. The van der Waals surface area contributed by atoms with Crippen LogP contribution < -0.4 is 44.8 Å². The van der Waals surface area contributed by atoms with Gasteiger partial charge in [0, 0.05) is 59.1 Å². The van der Waals surface area contributed by atoms with E-state index in [0.29, 0.717) is 100 Å². The molecular weight excluding hydrogens is 1540 g/mol. The van der Waals surface area contributed by atoms with Crippen LogP contribution in [0.5, 0.6) is 34.5 Å². The van der Waals surface area contributed by atoms with Crippen molar-refractivity contribution in [2.45, 2.75) is 43.8 Å². The van der Waals surface area contributed by atoms with Crippen LogP contribution in [0.2, 0.25) is 0 Å². The zero-order chi connectivity index (χ0) is 83.7. The van der Waals surface area contributed by atoms with Crippen molar-refractivity contribution in [2.24, 2.45) is 5.73 Å². The van der Waals surface area contributed by atoms with Crippen LogP contribution >= 0.6 is 0 Å². The number of aliphatic carboxylic acids is 2. The third-order valence-electron chi connectivity index (χ3n) is 17.5. The molecule has 40 heteroatoms. The van der Waals surface area contributed by atoms with Gasteiger partial charge in [-0.2, -0.15) is 0 Å². The molecule has 12 aromatic rings. The van der Waals surface area contributed by atoms with E-state index in [2.05, 4.69) is 56.5 Å². The van der Waals surface area contributed by atoms with Gasteiger partial charge in [-0.1, -0.05) is 36.4 Å². The van der Waals surface area contributed by atoms with Crippen LogP contribution in [-0.2, 0) is 43.2 Å². The number of fused-ring (bicyclic) bond motifs is 3. The monoisotopic (exact) mass is 1600 g/mol. The van der Waals surface area contributed by atoms with E-state index in [1.54, 1.807) is 160 Å². The molecule has 6 aromatic carbocycles. The van der Waals surface area contributed by atoms with Gasteiger partial charge in [0.2, 0.25) is 0 Å². The number of methoxy groups -OCH3 is 6. The molecular formula is C77H68N14O26. The number of aromatic nitrogens is 9. The first-order valence-electron chi connectivity index (χ1n) is 34.7. The zero-order valence-corrected chi connectivity index (χ0v) is 62.3. The first kappa shape index (κ1) is 82.7.